The summed E-state index contributed by atoms with van der Waals surface area (Å²) in [4.78, 5) is 15.9. The van der Waals surface area contributed by atoms with Crippen LogP contribution in [0.15, 0.2) is 71.3 Å². The predicted molar refractivity (Wildman–Crippen MR) is 132 cm³/mol. The molecular weight excluding hydrogens is 410 g/mol. The molecule has 5 heteroatoms. The first kappa shape index (κ1) is 22.1. The Kier molecular flexibility index (Phi) is 6.43. The highest BCUT2D eigenvalue weighted by atomic mass is 16.5. The lowest BCUT2D eigenvalue weighted by molar-refractivity contribution is -0.138. The van der Waals surface area contributed by atoms with Gasteiger partial charge in [0.25, 0.3) is 5.91 Å². The second-order valence-electron chi connectivity index (χ2n) is 9.61. The summed E-state index contributed by atoms with van der Waals surface area (Å²) in [6, 6.07) is 20.8. The minimum atomic E-state index is -0.0379. The van der Waals surface area contributed by atoms with E-state index in [0.717, 1.165) is 38.1 Å². The van der Waals surface area contributed by atoms with Crippen molar-refractivity contribution >= 4 is 17.7 Å². The summed E-state index contributed by atoms with van der Waals surface area (Å²) in [6.45, 7) is 6.08. The van der Waals surface area contributed by atoms with Crippen molar-refractivity contribution in [3.05, 3.63) is 77.4 Å². The summed E-state index contributed by atoms with van der Waals surface area (Å²) in [5.41, 5.74) is 4.71. The number of ether oxygens (including phenoxy) is 1. The van der Waals surface area contributed by atoms with Gasteiger partial charge in [-0.05, 0) is 55.9 Å². The Hall–Kier alpha value is -2.76. The van der Waals surface area contributed by atoms with Crippen LogP contribution in [-0.2, 0) is 9.53 Å². The molecule has 5 rings (SSSR count). The molecule has 1 aliphatic carbocycles. The van der Waals surface area contributed by atoms with E-state index in [2.05, 4.69) is 73.4 Å². The Labute approximate surface area is 196 Å². The Bertz CT molecular complexity index is 1020. The third-order valence-corrected chi connectivity index (χ3v) is 6.89. The number of hydrazone groups is 1. The molecule has 1 saturated carbocycles. The van der Waals surface area contributed by atoms with Gasteiger partial charge in [-0.1, -0.05) is 60.7 Å². The third kappa shape index (κ3) is 4.80. The second kappa shape index (κ2) is 9.62. The molecule has 4 unspecified atom stereocenters. The zero-order valence-electron chi connectivity index (χ0n) is 19.6. The number of nitrogens with zero attached hydrogens (tertiary/aromatic N) is 3. The van der Waals surface area contributed by atoms with Crippen LogP contribution < -0.4 is 0 Å². The minimum absolute atomic E-state index is 0.0379. The van der Waals surface area contributed by atoms with Crippen molar-refractivity contribution in [2.75, 3.05) is 19.6 Å². The zero-order chi connectivity index (χ0) is 22.8. The fraction of sp³-hybridized carbons (Fsp3) is 0.429. The Morgan fingerprint density at radius 2 is 1.70 bits per heavy atom. The first-order valence-electron chi connectivity index (χ1n) is 12.2. The van der Waals surface area contributed by atoms with Crippen molar-refractivity contribution in [1.82, 2.24) is 9.91 Å². The molecular formula is C28H33N3O2. The number of hydrogen-bond donors (Lipinski definition) is 0. The summed E-state index contributed by atoms with van der Waals surface area (Å²) in [5.74, 6) is 0.314. The Morgan fingerprint density at radius 1 is 1.03 bits per heavy atom. The summed E-state index contributed by atoms with van der Waals surface area (Å²) in [7, 11) is 0. The number of carbonyl (C=O) groups excluding carboxylic acids is 1. The summed E-state index contributed by atoms with van der Waals surface area (Å²) >= 11 is 0. The highest BCUT2D eigenvalue weighted by Crippen LogP contribution is 2.44. The smallest absolute Gasteiger partial charge is 0.257 e. The number of fused-ring (bicyclic) bond motifs is 1. The highest BCUT2D eigenvalue weighted by molar-refractivity contribution is 6.08. The lowest BCUT2D eigenvalue weighted by Gasteiger charge is -2.36. The van der Waals surface area contributed by atoms with E-state index in [1.54, 1.807) is 5.01 Å². The zero-order valence-corrected chi connectivity index (χ0v) is 19.6. The maximum Gasteiger partial charge on any atom is 0.257 e. The van der Waals surface area contributed by atoms with Crippen LogP contribution in [-0.4, -0.2) is 53.4 Å². The van der Waals surface area contributed by atoms with E-state index >= 15 is 0 Å². The van der Waals surface area contributed by atoms with E-state index in [1.807, 2.05) is 12.1 Å². The number of amides is 1. The van der Waals surface area contributed by atoms with E-state index in [0.29, 0.717) is 6.54 Å². The van der Waals surface area contributed by atoms with Crippen LogP contribution in [0.4, 0.5) is 0 Å². The van der Waals surface area contributed by atoms with Gasteiger partial charge in [-0.3, -0.25) is 9.69 Å². The quantitative estimate of drug-likeness (QED) is 0.674. The van der Waals surface area contributed by atoms with Gasteiger partial charge in [-0.25, -0.2) is 5.01 Å². The van der Waals surface area contributed by atoms with Gasteiger partial charge in [0.1, 0.15) is 0 Å². The van der Waals surface area contributed by atoms with E-state index in [-0.39, 0.29) is 30.1 Å². The number of allylic oxidation sites excluding steroid dienone is 1. The molecule has 3 aliphatic rings. The van der Waals surface area contributed by atoms with Crippen molar-refractivity contribution in [2.24, 2.45) is 11.0 Å². The molecule has 0 spiro atoms. The maximum atomic E-state index is 13.6. The van der Waals surface area contributed by atoms with Gasteiger partial charge in [0.05, 0.1) is 30.5 Å². The molecule has 4 atom stereocenters. The van der Waals surface area contributed by atoms with E-state index in [4.69, 9.17) is 9.84 Å². The Balaban J connectivity index is 1.46. The Morgan fingerprint density at radius 3 is 2.39 bits per heavy atom. The van der Waals surface area contributed by atoms with E-state index in [1.165, 1.54) is 16.7 Å². The molecule has 5 nitrogen and oxygen atoms in total. The summed E-state index contributed by atoms with van der Waals surface area (Å²) < 4.78 is 5.86. The van der Waals surface area contributed by atoms with Crippen molar-refractivity contribution in [3.63, 3.8) is 0 Å². The van der Waals surface area contributed by atoms with Gasteiger partial charge in [0, 0.05) is 19.0 Å². The predicted octanol–water partition coefficient (Wildman–Crippen LogP) is 4.92. The molecule has 2 heterocycles. The van der Waals surface area contributed by atoms with Crippen molar-refractivity contribution in [3.8, 4) is 0 Å². The normalized spacial score (nSPS) is 29.1. The largest absolute Gasteiger partial charge is 0.373 e. The summed E-state index contributed by atoms with van der Waals surface area (Å²) in [5, 5.41) is 6.82. The van der Waals surface area contributed by atoms with Gasteiger partial charge >= 0.3 is 0 Å². The molecule has 2 fully saturated rings. The molecule has 1 amide bonds. The lowest BCUT2D eigenvalue weighted by atomic mass is 9.77. The van der Waals surface area contributed by atoms with Crippen molar-refractivity contribution in [2.45, 2.75) is 51.4 Å². The van der Waals surface area contributed by atoms with Gasteiger partial charge in [-0.15, -0.1) is 0 Å². The van der Waals surface area contributed by atoms with Crippen LogP contribution in [0.25, 0.3) is 6.08 Å². The number of hydrogen-bond acceptors (Lipinski definition) is 4. The lowest BCUT2D eigenvalue weighted by Crippen LogP contribution is -2.49. The third-order valence-electron chi connectivity index (χ3n) is 6.89. The van der Waals surface area contributed by atoms with Gasteiger partial charge in [0.15, 0.2) is 0 Å². The molecule has 0 aromatic heterocycles. The number of rotatable bonds is 4. The average molecular weight is 444 g/mol. The summed E-state index contributed by atoms with van der Waals surface area (Å²) in [6.07, 6.45) is 5.71. The van der Waals surface area contributed by atoms with Crippen LogP contribution in [0.3, 0.4) is 0 Å². The van der Waals surface area contributed by atoms with Crippen LogP contribution in [0.2, 0.25) is 0 Å². The molecule has 0 radical (unpaired) electrons. The molecule has 1 saturated heterocycles. The average Bonchev–Trinajstić information content (AvgIpc) is 3.21. The number of carbonyl (C=O) groups is 1. The van der Waals surface area contributed by atoms with Crippen LogP contribution in [0, 0.1) is 5.92 Å². The van der Waals surface area contributed by atoms with Crippen LogP contribution >= 0.6 is 0 Å². The molecule has 0 N–H and O–H groups in total. The fourth-order valence-electron chi connectivity index (χ4n) is 5.62. The molecule has 2 aliphatic heterocycles. The first-order chi connectivity index (χ1) is 16.1. The number of morpholine rings is 1. The highest BCUT2D eigenvalue weighted by Gasteiger charge is 2.44. The standard InChI is InChI=1S/C28H33N3O2/c1-20-17-30(18-21(2)33-20)19-26(32)31-28(23-12-7-4-8-13-23)25-15-9-14-24(27(25)29-31)16-22-10-5-3-6-11-22/h3-8,10-13,16,20-21,25,28H,9,14-15,17-19H2,1-2H3/b24-16+. The van der Waals surface area contributed by atoms with Gasteiger partial charge < -0.3 is 4.74 Å². The molecule has 33 heavy (non-hydrogen) atoms. The minimum Gasteiger partial charge on any atom is -0.373 e. The molecule has 2 aromatic rings. The number of benzene rings is 2. The maximum absolute atomic E-state index is 13.6. The SMILES string of the molecule is CC1CN(CC(=O)N2N=C3/C(=C/c4ccccc4)CCCC3C2c2ccccc2)CC(C)O1. The van der Waals surface area contributed by atoms with Crippen molar-refractivity contribution in [1.29, 1.82) is 0 Å². The van der Waals surface area contributed by atoms with E-state index < -0.39 is 0 Å². The topological polar surface area (TPSA) is 45.1 Å². The first-order valence-corrected chi connectivity index (χ1v) is 12.2. The fourth-order valence-corrected chi connectivity index (χ4v) is 5.62. The van der Waals surface area contributed by atoms with Gasteiger partial charge in [0.2, 0.25) is 0 Å². The molecule has 172 valence electrons. The van der Waals surface area contributed by atoms with Crippen LogP contribution in [0.1, 0.15) is 50.3 Å². The molecule has 0 bridgehead atoms. The van der Waals surface area contributed by atoms with E-state index in [9.17, 15) is 4.79 Å². The van der Waals surface area contributed by atoms with Gasteiger partial charge in [-0.2, -0.15) is 5.10 Å². The monoisotopic (exact) mass is 443 g/mol. The second-order valence-corrected chi connectivity index (χ2v) is 9.61. The van der Waals surface area contributed by atoms with Crippen LogP contribution in [0.5, 0.6) is 0 Å². The molecule has 2 aromatic carbocycles. The van der Waals surface area contributed by atoms with Crippen molar-refractivity contribution < 1.29 is 9.53 Å².